The smallest absolute Gasteiger partial charge is 0.306 e. The highest BCUT2D eigenvalue weighted by atomic mass is 16.5. The second-order valence-electron chi connectivity index (χ2n) is 5.46. The SMILES string of the molecule is O=C(N[C@@H]1CC[C@H](C(=O)O)C1)c1cc(-c2ccccc2)no1. The summed E-state index contributed by atoms with van der Waals surface area (Å²) in [5.41, 5.74) is 1.47. The molecule has 0 saturated heterocycles. The van der Waals surface area contributed by atoms with Gasteiger partial charge in [-0.15, -0.1) is 0 Å². The number of hydrogen-bond acceptors (Lipinski definition) is 4. The number of carbonyl (C=O) groups is 2. The lowest BCUT2D eigenvalue weighted by molar-refractivity contribution is -0.141. The molecule has 1 heterocycles. The van der Waals surface area contributed by atoms with Crippen LogP contribution in [-0.2, 0) is 4.79 Å². The van der Waals surface area contributed by atoms with Gasteiger partial charge in [-0.2, -0.15) is 0 Å². The number of rotatable bonds is 4. The van der Waals surface area contributed by atoms with Crippen LogP contribution >= 0.6 is 0 Å². The lowest BCUT2D eigenvalue weighted by Crippen LogP contribution is -2.33. The Morgan fingerprint density at radius 2 is 2.00 bits per heavy atom. The molecule has 1 saturated carbocycles. The molecule has 22 heavy (non-hydrogen) atoms. The number of amides is 1. The van der Waals surface area contributed by atoms with Crippen molar-refractivity contribution in [2.75, 3.05) is 0 Å². The molecule has 1 aliphatic rings. The van der Waals surface area contributed by atoms with E-state index < -0.39 is 5.97 Å². The van der Waals surface area contributed by atoms with Crippen molar-refractivity contribution in [2.45, 2.75) is 25.3 Å². The van der Waals surface area contributed by atoms with E-state index in [4.69, 9.17) is 9.63 Å². The molecule has 0 aliphatic heterocycles. The van der Waals surface area contributed by atoms with E-state index in [9.17, 15) is 9.59 Å². The molecular weight excluding hydrogens is 284 g/mol. The maximum Gasteiger partial charge on any atom is 0.306 e. The van der Waals surface area contributed by atoms with Crippen LogP contribution in [0.3, 0.4) is 0 Å². The highest BCUT2D eigenvalue weighted by Crippen LogP contribution is 2.26. The lowest BCUT2D eigenvalue weighted by atomic mass is 10.1. The summed E-state index contributed by atoms with van der Waals surface area (Å²) >= 11 is 0. The molecular formula is C16H16N2O4. The maximum atomic E-state index is 12.1. The van der Waals surface area contributed by atoms with E-state index >= 15 is 0 Å². The van der Waals surface area contributed by atoms with Gasteiger partial charge in [0.15, 0.2) is 0 Å². The van der Waals surface area contributed by atoms with Gasteiger partial charge in [0, 0.05) is 17.7 Å². The van der Waals surface area contributed by atoms with Crippen molar-refractivity contribution in [1.82, 2.24) is 10.5 Å². The molecule has 0 radical (unpaired) electrons. The summed E-state index contributed by atoms with van der Waals surface area (Å²) in [4.78, 5) is 23.1. The zero-order valence-electron chi connectivity index (χ0n) is 11.9. The van der Waals surface area contributed by atoms with E-state index in [0.717, 1.165) is 5.56 Å². The summed E-state index contributed by atoms with van der Waals surface area (Å²) in [6, 6.07) is 10.9. The van der Waals surface area contributed by atoms with Crippen LogP contribution in [0.25, 0.3) is 11.3 Å². The average Bonchev–Trinajstić information content (AvgIpc) is 3.17. The van der Waals surface area contributed by atoms with Crippen molar-refractivity contribution in [1.29, 1.82) is 0 Å². The molecule has 114 valence electrons. The van der Waals surface area contributed by atoms with Gasteiger partial charge in [-0.1, -0.05) is 35.5 Å². The largest absolute Gasteiger partial charge is 0.481 e. The summed E-state index contributed by atoms with van der Waals surface area (Å²) in [5.74, 6) is -1.40. The van der Waals surface area contributed by atoms with Crippen molar-refractivity contribution < 1.29 is 19.2 Å². The summed E-state index contributed by atoms with van der Waals surface area (Å²) in [6.45, 7) is 0. The molecule has 2 atom stereocenters. The fourth-order valence-corrected chi connectivity index (χ4v) is 2.72. The molecule has 2 N–H and O–H groups in total. The Morgan fingerprint density at radius 3 is 2.68 bits per heavy atom. The Morgan fingerprint density at radius 1 is 1.23 bits per heavy atom. The molecule has 0 spiro atoms. The Bertz CT molecular complexity index is 680. The van der Waals surface area contributed by atoms with Crippen LogP contribution in [0.2, 0.25) is 0 Å². The maximum absolute atomic E-state index is 12.1. The number of nitrogens with zero attached hydrogens (tertiary/aromatic N) is 1. The number of nitrogens with one attached hydrogen (secondary N) is 1. The molecule has 1 aliphatic carbocycles. The first-order valence-corrected chi connectivity index (χ1v) is 7.19. The average molecular weight is 300 g/mol. The third-order valence-electron chi connectivity index (χ3n) is 3.92. The molecule has 1 aromatic carbocycles. The van der Waals surface area contributed by atoms with Gasteiger partial charge in [-0.3, -0.25) is 9.59 Å². The Hall–Kier alpha value is -2.63. The van der Waals surface area contributed by atoms with Gasteiger partial charge in [0.25, 0.3) is 5.91 Å². The van der Waals surface area contributed by atoms with Gasteiger partial charge in [0.2, 0.25) is 5.76 Å². The number of carboxylic acids is 1. The minimum absolute atomic E-state index is 0.126. The molecule has 6 heteroatoms. The molecule has 3 rings (SSSR count). The minimum atomic E-state index is -0.803. The van der Waals surface area contributed by atoms with Crippen LogP contribution < -0.4 is 5.32 Å². The van der Waals surface area contributed by atoms with Gasteiger partial charge >= 0.3 is 5.97 Å². The standard InChI is InChI=1S/C16H16N2O4/c19-15(17-12-7-6-11(8-12)16(20)21)14-9-13(18-22-14)10-4-2-1-3-5-10/h1-5,9,11-12H,6-8H2,(H,17,19)(H,20,21)/t11-,12+/m0/s1. The fraction of sp³-hybridized carbons (Fsp3) is 0.312. The van der Waals surface area contributed by atoms with Gasteiger partial charge in [-0.25, -0.2) is 0 Å². The van der Waals surface area contributed by atoms with Crippen LogP contribution in [-0.4, -0.2) is 28.2 Å². The summed E-state index contributed by atoms with van der Waals surface area (Å²) in [7, 11) is 0. The highest BCUT2D eigenvalue weighted by Gasteiger charge is 2.31. The van der Waals surface area contributed by atoms with Crippen LogP contribution in [0.5, 0.6) is 0 Å². The normalized spacial score (nSPS) is 20.7. The highest BCUT2D eigenvalue weighted by molar-refractivity contribution is 5.92. The number of hydrogen-bond donors (Lipinski definition) is 2. The van der Waals surface area contributed by atoms with Crippen LogP contribution in [0.15, 0.2) is 40.9 Å². The number of aromatic nitrogens is 1. The molecule has 2 aromatic rings. The Balaban J connectivity index is 1.64. The van der Waals surface area contributed by atoms with Gasteiger partial charge in [0.1, 0.15) is 5.69 Å². The topological polar surface area (TPSA) is 92.4 Å². The third-order valence-corrected chi connectivity index (χ3v) is 3.92. The lowest BCUT2D eigenvalue weighted by Gasteiger charge is -2.10. The number of benzene rings is 1. The fourth-order valence-electron chi connectivity index (χ4n) is 2.72. The first-order valence-electron chi connectivity index (χ1n) is 7.19. The first kappa shape index (κ1) is 14.3. The molecule has 0 bridgehead atoms. The van der Waals surface area contributed by atoms with E-state index in [-0.39, 0.29) is 23.6 Å². The van der Waals surface area contributed by atoms with Crippen molar-refractivity contribution >= 4 is 11.9 Å². The summed E-state index contributed by atoms with van der Waals surface area (Å²) < 4.78 is 5.09. The first-order chi connectivity index (χ1) is 10.6. The molecule has 1 aromatic heterocycles. The van der Waals surface area contributed by atoms with Crippen molar-refractivity contribution in [2.24, 2.45) is 5.92 Å². The molecule has 6 nitrogen and oxygen atoms in total. The zero-order valence-corrected chi connectivity index (χ0v) is 11.9. The monoisotopic (exact) mass is 300 g/mol. The second kappa shape index (κ2) is 6.01. The van der Waals surface area contributed by atoms with E-state index in [1.54, 1.807) is 6.07 Å². The van der Waals surface area contributed by atoms with E-state index in [0.29, 0.717) is 25.0 Å². The van der Waals surface area contributed by atoms with E-state index in [1.807, 2.05) is 30.3 Å². The Labute approximate surface area is 127 Å². The number of aliphatic carboxylic acids is 1. The minimum Gasteiger partial charge on any atom is -0.481 e. The van der Waals surface area contributed by atoms with Gasteiger partial charge < -0.3 is 14.9 Å². The molecule has 1 fully saturated rings. The van der Waals surface area contributed by atoms with Gasteiger partial charge in [0.05, 0.1) is 5.92 Å². The quantitative estimate of drug-likeness (QED) is 0.904. The van der Waals surface area contributed by atoms with E-state index in [2.05, 4.69) is 10.5 Å². The third kappa shape index (κ3) is 3.00. The van der Waals surface area contributed by atoms with Crippen LogP contribution in [0.1, 0.15) is 29.8 Å². The second-order valence-corrected chi connectivity index (χ2v) is 5.46. The number of carboxylic acid groups (broad SMARTS) is 1. The van der Waals surface area contributed by atoms with Crippen LogP contribution in [0, 0.1) is 5.92 Å². The predicted octanol–water partition coefficient (Wildman–Crippen LogP) is 2.32. The molecule has 0 unspecified atom stereocenters. The van der Waals surface area contributed by atoms with Crippen LogP contribution in [0.4, 0.5) is 0 Å². The number of carbonyl (C=O) groups excluding carboxylic acids is 1. The Kier molecular flexibility index (Phi) is 3.91. The van der Waals surface area contributed by atoms with Gasteiger partial charge in [-0.05, 0) is 19.3 Å². The summed E-state index contributed by atoms with van der Waals surface area (Å²) in [5, 5.41) is 15.7. The zero-order chi connectivity index (χ0) is 15.5. The molecule has 1 amide bonds. The van der Waals surface area contributed by atoms with Crippen molar-refractivity contribution in [3.63, 3.8) is 0 Å². The van der Waals surface area contributed by atoms with Crippen molar-refractivity contribution in [3.8, 4) is 11.3 Å². The van der Waals surface area contributed by atoms with E-state index in [1.165, 1.54) is 0 Å². The van der Waals surface area contributed by atoms with Crippen molar-refractivity contribution in [3.05, 3.63) is 42.2 Å². The predicted molar refractivity (Wildman–Crippen MR) is 78.2 cm³/mol. The summed E-state index contributed by atoms with van der Waals surface area (Å²) in [6.07, 6.45) is 1.72.